The molecule has 0 aliphatic heterocycles. The number of rotatable bonds is 10. The molecule has 22 heavy (non-hydrogen) atoms. The molecule has 126 valence electrons. The first-order valence-electron chi connectivity index (χ1n) is 6.95. The molecule has 8 heteroatoms. The number of carbonyl (C=O) groups is 3. The van der Waals surface area contributed by atoms with Crippen molar-refractivity contribution in [3.63, 3.8) is 0 Å². The molecule has 0 N–H and O–H groups in total. The molecule has 0 aromatic heterocycles. The van der Waals surface area contributed by atoms with E-state index in [9.17, 15) is 14.4 Å². The molecule has 0 aliphatic rings. The van der Waals surface area contributed by atoms with Gasteiger partial charge in [-0.25, -0.2) is 14.4 Å². The summed E-state index contributed by atoms with van der Waals surface area (Å²) >= 11 is 0. The van der Waals surface area contributed by atoms with Crippen LogP contribution in [-0.4, -0.2) is 50.8 Å². The Labute approximate surface area is 129 Å². The highest BCUT2D eigenvalue weighted by atomic mass is 16.8. The van der Waals surface area contributed by atoms with Gasteiger partial charge in [0, 0.05) is 6.08 Å². The predicted molar refractivity (Wildman–Crippen MR) is 75.3 cm³/mol. The molecule has 0 bridgehead atoms. The van der Waals surface area contributed by atoms with Crippen molar-refractivity contribution in [2.45, 2.75) is 32.8 Å². The molecule has 0 aliphatic carbocycles. The Hall–Kier alpha value is -2.25. The fourth-order valence-electron chi connectivity index (χ4n) is 1.09. The number of hydrogen-bond acceptors (Lipinski definition) is 8. The van der Waals surface area contributed by atoms with Crippen molar-refractivity contribution in [3.05, 3.63) is 12.7 Å². The van der Waals surface area contributed by atoms with Crippen molar-refractivity contribution in [3.8, 4) is 0 Å². The maximum absolute atomic E-state index is 11.4. The third kappa shape index (κ3) is 10.5. The average molecular weight is 318 g/mol. The third-order valence-corrected chi connectivity index (χ3v) is 2.08. The van der Waals surface area contributed by atoms with Gasteiger partial charge in [-0.15, -0.1) is 0 Å². The molecule has 0 saturated heterocycles. The monoisotopic (exact) mass is 318 g/mol. The lowest BCUT2D eigenvalue weighted by Gasteiger charge is -2.17. The fraction of sp³-hybridized carbons (Fsp3) is 0.643. The van der Waals surface area contributed by atoms with E-state index in [4.69, 9.17) is 23.7 Å². The molecule has 0 aromatic rings. The maximum Gasteiger partial charge on any atom is 0.508 e. The average Bonchev–Trinajstić information content (AvgIpc) is 2.52. The minimum absolute atomic E-state index is 0.192. The topological polar surface area (TPSA) is 97.4 Å². The van der Waals surface area contributed by atoms with Crippen LogP contribution in [0.1, 0.15) is 26.7 Å². The Balaban J connectivity index is 4.31. The van der Waals surface area contributed by atoms with Crippen LogP contribution in [0.2, 0.25) is 0 Å². The number of carbonyl (C=O) groups excluding carboxylic acids is 3. The highest BCUT2D eigenvalue weighted by Gasteiger charge is 2.20. The van der Waals surface area contributed by atoms with Crippen molar-refractivity contribution in [2.24, 2.45) is 0 Å². The minimum atomic E-state index is -0.998. The van der Waals surface area contributed by atoms with Gasteiger partial charge in [0.05, 0.1) is 13.2 Å². The molecular weight excluding hydrogens is 296 g/mol. The first-order chi connectivity index (χ1) is 10.5. The van der Waals surface area contributed by atoms with E-state index in [0.717, 1.165) is 6.08 Å². The highest BCUT2D eigenvalue weighted by Crippen LogP contribution is 2.01. The van der Waals surface area contributed by atoms with Crippen molar-refractivity contribution >= 4 is 18.3 Å². The molecule has 0 spiro atoms. The van der Waals surface area contributed by atoms with Gasteiger partial charge in [0.15, 0.2) is 6.10 Å². The third-order valence-electron chi connectivity index (χ3n) is 2.08. The smallest absolute Gasteiger partial charge is 0.458 e. The molecule has 1 atom stereocenters. The Morgan fingerprint density at radius 3 is 2.00 bits per heavy atom. The lowest BCUT2D eigenvalue weighted by molar-refractivity contribution is -0.142. The summed E-state index contributed by atoms with van der Waals surface area (Å²) in [5.74, 6) is -0.691. The van der Waals surface area contributed by atoms with E-state index < -0.39 is 24.4 Å². The molecule has 8 nitrogen and oxygen atoms in total. The summed E-state index contributed by atoms with van der Waals surface area (Å²) in [6, 6.07) is 0. The zero-order valence-electron chi connectivity index (χ0n) is 12.9. The quantitative estimate of drug-likeness (QED) is 0.343. The van der Waals surface area contributed by atoms with Gasteiger partial charge in [0.1, 0.15) is 13.2 Å². The van der Waals surface area contributed by atoms with Crippen molar-refractivity contribution in [1.29, 1.82) is 0 Å². The van der Waals surface area contributed by atoms with Crippen molar-refractivity contribution < 1.29 is 38.1 Å². The first-order valence-corrected chi connectivity index (χ1v) is 6.95. The highest BCUT2D eigenvalue weighted by molar-refractivity contribution is 5.81. The molecule has 0 heterocycles. The summed E-state index contributed by atoms with van der Waals surface area (Å²) in [4.78, 5) is 33.6. The van der Waals surface area contributed by atoms with Crippen LogP contribution in [0.3, 0.4) is 0 Å². The largest absolute Gasteiger partial charge is 0.508 e. The summed E-state index contributed by atoms with van der Waals surface area (Å²) in [6.45, 7) is 6.67. The second-order valence-corrected chi connectivity index (χ2v) is 4.08. The van der Waals surface area contributed by atoms with Crippen LogP contribution >= 0.6 is 0 Å². The molecule has 0 rings (SSSR count). The van der Waals surface area contributed by atoms with Gasteiger partial charge in [-0.3, -0.25) is 0 Å². The Morgan fingerprint density at radius 1 is 0.909 bits per heavy atom. The Bertz CT molecular complexity index is 366. The number of esters is 1. The maximum atomic E-state index is 11.4. The van der Waals surface area contributed by atoms with Crippen molar-refractivity contribution in [1.82, 2.24) is 0 Å². The van der Waals surface area contributed by atoms with E-state index >= 15 is 0 Å². The molecule has 0 saturated carbocycles. The van der Waals surface area contributed by atoms with E-state index in [0.29, 0.717) is 12.8 Å². The van der Waals surface area contributed by atoms with Gasteiger partial charge in [0.2, 0.25) is 0 Å². The van der Waals surface area contributed by atoms with Crippen LogP contribution in [0.4, 0.5) is 9.59 Å². The fourth-order valence-corrected chi connectivity index (χ4v) is 1.09. The minimum Gasteiger partial charge on any atom is -0.458 e. The lowest BCUT2D eigenvalue weighted by atomic mass is 10.4. The zero-order valence-corrected chi connectivity index (χ0v) is 12.9. The summed E-state index contributed by atoms with van der Waals surface area (Å²) < 4.78 is 23.8. The van der Waals surface area contributed by atoms with E-state index in [1.54, 1.807) is 0 Å². The molecule has 1 unspecified atom stereocenters. The van der Waals surface area contributed by atoms with Crippen molar-refractivity contribution in [2.75, 3.05) is 26.4 Å². The van der Waals surface area contributed by atoms with E-state index in [1.807, 2.05) is 13.8 Å². The van der Waals surface area contributed by atoms with Crippen LogP contribution in [0.15, 0.2) is 12.7 Å². The van der Waals surface area contributed by atoms with Crippen LogP contribution in [0.5, 0.6) is 0 Å². The summed E-state index contributed by atoms with van der Waals surface area (Å²) in [5, 5.41) is 0. The van der Waals surface area contributed by atoms with Gasteiger partial charge < -0.3 is 23.7 Å². The number of hydrogen-bond donors (Lipinski definition) is 0. The molecule has 0 amide bonds. The number of ether oxygens (including phenoxy) is 5. The van der Waals surface area contributed by atoms with Gasteiger partial charge in [-0.2, -0.15) is 0 Å². The van der Waals surface area contributed by atoms with Crippen LogP contribution in [0, 0.1) is 0 Å². The van der Waals surface area contributed by atoms with Gasteiger partial charge in [0.25, 0.3) is 0 Å². The normalized spacial score (nSPS) is 11.0. The Kier molecular flexibility index (Phi) is 11.2. The second-order valence-electron chi connectivity index (χ2n) is 4.08. The molecule has 0 fully saturated rings. The Morgan fingerprint density at radius 2 is 1.45 bits per heavy atom. The van der Waals surface area contributed by atoms with E-state index in [-0.39, 0.29) is 26.4 Å². The second kappa shape index (κ2) is 12.5. The lowest BCUT2D eigenvalue weighted by Crippen LogP contribution is -2.31. The van der Waals surface area contributed by atoms with Gasteiger partial charge in [-0.1, -0.05) is 20.4 Å². The van der Waals surface area contributed by atoms with Crippen LogP contribution < -0.4 is 0 Å². The SMILES string of the molecule is C=CC(=O)OCC(COC(=O)OCCC)OC(=O)OCCC. The standard InChI is InChI=1S/C14H22O8/c1-4-7-18-13(16)21-10-11(9-20-12(15)6-3)22-14(17)19-8-5-2/h6,11H,3-5,7-10H2,1-2H3. The molecular formula is C14H22O8. The predicted octanol–water partition coefficient (Wildman–Crippen LogP) is 2.21. The van der Waals surface area contributed by atoms with Crippen LogP contribution in [-0.2, 0) is 28.5 Å². The van der Waals surface area contributed by atoms with Gasteiger partial charge >= 0.3 is 18.3 Å². The molecule has 0 radical (unpaired) electrons. The van der Waals surface area contributed by atoms with E-state index in [1.165, 1.54) is 0 Å². The zero-order chi connectivity index (χ0) is 16.8. The van der Waals surface area contributed by atoms with Crippen LogP contribution in [0.25, 0.3) is 0 Å². The van der Waals surface area contributed by atoms with Gasteiger partial charge in [-0.05, 0) is 12.8 Å². The summed E-state index contributed by atoms with van der Waals surface area (Å²) in [5.41, 5.74) is 0. The van der Waals surface area contributed by atoms with E-state index in [2.05, 4.69) is 6.58 Å². The summed E-state index contributed by atoms with van der Waals surface area (Å²) in [6.07, 6.45) is -0.592. The summed E-state index contributed by atoms with van der Waals surface area (Å²) in [7, 11) is 0. The first kappa shape index (κ1) is 19.8. The molecule has 0 aromatic carbocycles.